The smallest absolute Gasteiger partial charge is 0.337 e. The molecule has 2 N–H and O–H groups in total. The molecule has 110 valence electrons. The molecule has 1 unspecified atom stereocenters. The van der Waals surface area contributed by atoms with Crippen molar-refractivity contribution in [1.82, 2.24) is 4.90 Å². The maximum atomic E-state index is 12.1. The molecule has 0 saturated heterocycles. The van der Waals surface area contributed by atoms with Gasteiger partial charge in [-0.2, -0.15) is 0 Å². The Morgan fingerprint density at radius 2 is 2.15 bits per heavy atom. The highest BCUT2D eigenvalue weighted by Crippen LogP contribution is 2.19. The average molecular weight is 392 g/mol. The summed E-state index contributed by atoms with van der Waals surface area (Å²) in [5, 5.41) is 11.8. The van der Waals surface area contributed by atoms with Gasteiger partial charge in [0.2, 0.25) is 0 Å². The van der Waals surface area contributed by atoms with Gasteiger partial charge in [0.15, 0.2) is 0 Å². The predicted octanol–water partition coefficient (Wildman–Crippen LogP) is 2.49. The van der Waals surface area contributed by atoms with E-state index in [0.29, 0.717) is 6.61 Å². The Hall–Kier alpha value is -1.35. The summed E-state index contributed by atoms with van der Waals surface area (Å²) in [5.41, 5.74) is 0.345. The van der Waals surface area contributed by atoms with E-state index >= 15 is 0 Å². The van der Waals surface area contributed by atoms with Crippen LogP contribution >= 0.6 is 22.6 Å². The van der Waals surface area contributed by atoms with Crippen molar-refractivity contribution < 1.29 is 19.4 Å². The molecular formula is C13H17IN2O4. The summed E-state index contributed by atoms with van der Waals surface area (Å²) < 4.78 is 5.78. The molecule has 0 radical (unpaired) electrons. The van der Waals surface area contributed by atoms with Crippen molar-refractivity contribution >= 4 is 40.3 Å². The number of nitrogens with one attached hydrogen (secondary N) is 1. The minimum absolute atomic E-state index is 0.0676. The zero-order valence-corrected chi connectivity index (χ0v) is 13.7. The molecule has 1 aromatic rings. The van der Waals surface area contributed by atoms with E-state index in [-0.39, 0.29) is 23.3 Å². The van der Waals surface area contributed by atoms with Crippen LogP contribution in [0.2, 0.25) is 0 Å². The minimum Gasteiger partial charge on any atom is -0.478 e. The molecule has 0 aromatic heterocycles. The lowest BCUT2D eigenvalue weighted by molar-refractivity contribution is 0.0698. The quantitative estimate of drug-likeness (QED) is 0.755. The number of anilines is 1. The van der Waals surface area contributed by atoms with Crippen molar-refractivity contribution in [2.45, 2.75) is 13.0 Å². The Kier molecular flexibility index (Phi) is 6.21. The Morgan fingerprint density at radius 3 is 2.70 bits per heavy atom. The van der Waals surface area contributed by atoms with Gasteiger partial charge in [-0.25, -0.2) is 9.59 Å². The number of halogens is 1. The Labute approximate surface area is 131 Å². The fourth-order valence-corrected chi connectivity index (χ4v) is 2.05. The van der Waals surface area contributed by atoms with Gasteiger partial charge < -0.3 is 20.1 Å². The molecule has 2 amide bonds. The lowest BCUT2D eigenvalue weighted by atomic mass is 10.2. The molecule has 0 heterocycles. The molecule has 0 saturated carbocycles. The summed E-state index contributed by atoms with van der Waals surface area (Å²) in [6, 6.07) is 4.34. The SMILES string of the molecule is COCC(C)N(C)C(=O)Nc1ccc(I)cc1C(=O)O. The number of ether oxygens (including phenoxy) is 1. The largest absolute Gasteiger partial charge is 0.478 e. The van der Waals surface area contributed by atoms with Gasteiger partial charge in [-0.3, -0.25) is 0 Å². The van der Waals surface area contributed by atoms with Gasteiger partial charge in [-0.15, -0.1) is 0 Å². The molecule has 0 fully saturated rings. The molecule has 1 rings (SSSR count). The third kappa shape index (κ3) is 4.34. The van der Waals surface area contributed by atoms with Gasteiger partial charge in [0, 0.05) is 17.7 Å². The van der Waals surface area contributed by atoms with Crippen LogP contribution in [0.25, 0.3) is 0 Å². The first-order valence-electron chi connectivity index (χ1n) is 5.92. The standard InChI is InChI=1S/C13H17IN2O4/c1-8(7-20-3)16(2)13(19)15-11-5-4-9(14)6-10(11)12(17)18/h4-6,8H,7H2,1-3H3,(H,15,19)(H,17,18). The number of amides is 2. The molecule has 0 aliphatic heterocycles. The summed E-state index contributed by atoms with van der Waals surface area (Å²) in [7, 11) is 3.19. The third-order valence-corrected chi connectivity index (χ3v) is 3.51. The third-order valence-electron chi connectivity index (χ3n) is 2.84. The number of hydrogen-bond donors (Lipinski definition) is 2. The maximum absolute atomic E-state index is 12.1. The predicted molar refractivity (Wildman–Crippen MR) is 84.2 cm³/mol. The molecule has 20 heavy (non-hydrogen) atoms. The minimum atomic E-state index is -1.08. The number of carboxylic acid groups (broad SMARTS) is 1. The van der Waals surface area contributed by atoms with Crippen LogP contribution in [0.3, 0.4) is 0 Å². The second-order valence-electron chi connectivity index (χ2n) is 4.34. The number of likely N-dealkylation sites (N-methyl/N-ethyl adjacent to an activating group) is 1. The summed E-state index contributed by atoms with van der Waals surface area (Å²) in [5.74, 6) is -1.08. The molecule has 0 aliphatic carbocycles. The lowest BCUT2D eigenvalue weighted by Gasteiger charge is -2.24. The van der Waals surface area contributed by atoms with Crippen molar-refractivity contribution in [2.24, 2.45) is 0 Å². The van der Waals surface area contributed by atoms with Crippen LogP contribution < -0.4 is 5.32 Å². The summed E-state index contributed by atoms with van der Waals surface area (Å²) >= 11 is 2.02. The lowest BCUT2D eigenvalue weighted by Crippen LogP contribution is -2.40. The van der Waals surface area contributed by atoms with Gasteiger partial charge in [-0.1, -0.05) is 0 Å². The van der Waals surface area contributed by atoms with Gasteiger partial charge in [-0.05, 0) is 47.7 Å². The average Bonchev–Trinajstić information content (AvgIpc) is 2.39. The van der Waals surface area contributed by atoms with Crippen molar-refractivity contribution in [3.05, 3.63) is 27.3 Å². The fraction of sp³-hybridized carbons (Fsp3) is 0.385. The van der Waals surface area contributed by atoms with E-state index in [1.807, 2.05) is 29.5 Å². The molecule has 0 bridgehead atoms. The van der Waals surface area contributed by atoms with Gasteiger partial charge in [0.05, 0.1) is 23.9 Å². The van der Waals surface area contributed by atoms with Crippen LogP contribution in [0.15, 0.2) is 18.2 Å². The number of aromatic carboxylic acids is 1. The fourth-order valence-electron chi connectivity index (χ4n) is 1.56. The van der Waals surface area contributed by atoms with Crippen molar-refractivity contribution in [3.8, 4) is 0 Å². The van der Waals surface area contributed by atoms with Gasteiger partial charge in [0.25, 0.3) is 0 Å². The van der Waals surface area contributed by atoms with E-state index in [0.717, 1.165) is 3.57 Å². The van der Waals surface area contributed by atoms with Crippen molar-refractivity contribution in [1.29, 1.82) is 0 Å². The van der Waals surface area contributed by atoms with Crippen molar-refractivity contribution in [3.63, 3.8) is 0 Å². The first-order valence-corrected chi connectivity index (χ1v) is 7.00. The first-order chi connectivity index (χ1) is 9.36. The van der Waals surface area contributed by atoms with E-state index in [1.165, 1.54) is 11.0 Å². The van der Waals surface area contributed by atoms with Crippen LogP contribution in [0, 0.1) is 3.57 Å². The number of nitrogens with zero attached hydrogens (tertiary/aromatic N) is 1. The zero-order valence-electron chi connectivity index (χ0n) is 11.5. The number of benzene rings is 1. The highest BCUT2D eigenvalue weighted by atomic mass is 127. The normalized spacial score (nSPS) is 11.8. The van der Waals surface area contributed by atoms with Crippen LogP contribution in [0.1, 0.15) is 17.3 Å². The number of methoxy groups -OCH3 is 1. The molecule has 1 atom stereocenters. The summed E-state index contributed by atoms with van der Waals surface area (Å²) in [6.45, 7) is 2.25. The Balaban J connectivity index is 2.88. The maximum Gasteiger partial charge on any atom is 0.337 e. The van der Waals surface area contributed by atoms with Crippen LogP contribution in [-0.2, 0) is 4.74 Å². The number of rotatable bonds is 5. The molecular weight excluding hydrogens is 375 g/mol. The van der Waals surface area contributed by atoms with E-state index in [2.05, 4.69) is 5.32 Å². The second-order valence-corrected chi connectivity index (χ2v) is 5.59. The number of carbonyl (C=O) groups excluding carboxylic acids is 1. The summed E-state index contributed by atoms with van der Waals surface area (Å²) in [6.07, 6.45) is 0. The van der Waals surface area contributed by atoms with Gasteiger partial charge >= 0.3 is 12.0 Å². The zero-order chi connectivity index (χ0) is 15.3. The summed E-state index contributed by atoms with van der Waals surface area (Å²) in [4.78, 5) is 24.7. The van der Waals surface area contributed by atoms with E-state index in [9.17, 15) is 9.59 Å². The molecule has 0 spiro atoms. The number of urea groups is 1. The number of carboxylic acids is 1. The molecule has 1 aromatic carbocycles. The Morgan fingerprint density at radius 1 is 1.50 bits per heavy atom. The van der Waals surface area contributed by atoms with Crippen LogP contribution in [0.4, 0.5) is 10.5 Å². The van der Waals surface area contributed by atoms with E-state index in [4.69, 9.17) is 9.84 Å². The van der Waals surface area contributed by atoms with Crippen LogP contribution in [-0.4, -0.2) is 48.8 Å². The van der Waals surface area contributed by atoms with Crippen molar-refractivity contribution in [2.75, 3.05) is 26.1 Å². The second kappa shape index (κ2) is 7.44. The monoisotopic (exact) mass is 392 g/mol. The topological polar surface area (TPSA) is 78.9 Å². The Bertz CT molecular complexity index is 507. The molecule has 0 aliphatic rings. The molecule has 6 nitrogen and oxygen atoms in total. The van der Waals surface area contributed by atoms with Crippen LogP contribution in [0.5, 0.6) is 0 Å². The van der Waals surface area contributed by atoms with E-state index in [1.54, 1.807) is 26.3 Å². The first kappa shape index (κ1) is 16.7. The van der Waals surface area contributed by atoms with E-state index < -0.39 is 5.97 Å². The highest BCUT2D eigenvalue weighted by molar-refractivity contribution is 14.1. The van der Waals surface area contributed by atoms with Gasteiger partial charge in [0.1, 0.15) is 0 Å². The number of carbonyl (C=O) groups is 2. The number of hydrogen-bond acceptors (Lipinski definition) is 3. The molecule has 7 heteroatoms. The highest BCUT2D eigenvalue weighted by Gasteiger charge is 2.18.